The Labute approximate surface area is 105 Å². The molecule has 0 aromatic rings. The molecule has 1 aliphatic heterocycles. The van der Waals surface area contributed by atoms with Gasteiger partial charge in [-0.05, 0) is 31.6 Å². The molecule has 0 aromatic heterocycles. The van der Waals surface area contributed by atoms with E-state index < -0.39 is 0 Å². The highest BCUT2D eigenvalue weighted by atomic mass is 16.2. The molecule has 2 fully saturated rings. The van der Waals surface area contributed by atoms with Crippen molar-refractivity contribution in [1.29, 1.82) is 0 Å². The second-order valence-corrected chi connectivity index (χ2v) is 5.99. The summed E-state index contributed by atoms with van der Waals surface area (Å²) in [5.41, 5.74) is 0. The van der Waals surface area contributed by atoms with Crippen LogP contribution in [0.2, 0.25) is 0 Å². The number of amides is 1. The second kappa shape index (κ2) is 5.85. The van der Waals surface area contributed by atoms with Gasteiger partial charge in [-0.1, -0.05) is 19.8 Å². The van der Waals surface area contributed by atoms with Crippen LogP contribution in [-0.4, -0.2) is 36.5 Å². The van der Waals surface area contributed by atoms with Crippen LogP contribution in [0.3, 0.4) is 0 Å². The van der Waals surface area contributed by atoms with Crippen LogP contribution >= 0.6 is 0 Å². The SMILES string of the molecule is CC1CCCC(NC2CCC(=O)N(C)C2)CC1. The average Bonchev–Trinajstić information content (AvgIpc) is 2.49. The summed E-state index contributed by atoms with van der Waals surface area (Å²) in [6, 6.07) is 1.21. The highest BCUT2D eigenvalue weighted by molar-refractivity contribution is 5.76. The van der Waals surface area contributed by atoms with E-state index in [2.05, 4.69) is 12.2 Å². The Bertz CT molecular complexity index is 267. The van der Waals surface area contributed by atoms with Gasteiger partial charge in [0, 0.05) is 32.1 Å². The Hall–Kier alpha value is -0.570. The lowest BCUT2D eigenvalue weighted by Crippen LogP contribution is -2.49. The largest absolute Gasteiger partial charge is 0.344 e. The van der Waals surface area contributed by atoms with Gasteiger partial charge in [0.15, 0.2) is 0 Å². The normalized spacial score (nSPS) is 35.8. The molecule has 2 rings (SSSR count). The quantitative estimate of drug-likeness (QED) is 0.748. The van der Waals surface area contributed by atoms with Crippen molar-refractivity contribution in [3.8, 4) is 0 Å². The predicted octanol–water partition coefficient (Wildman–Crippen LogP) is 2.17. The molecule has 1 N–H and O–H groups in total. The van der Waals surface area contributed by atoms with Gasteiger partial charge in [0.25, 0.3) is 0 Å². The molecular formula is C14H26N2O. The van der Waals surface area contributed by atoms with Gasteiger partial charge < -0.3 is 10.2 Å². The molecule has 1 saturated heterocycles. The fraction of sp³-hybridized carbons (Fsp3) is 0.929. The van der Waals surface area contributed by atoms with Crippen LogP contribution in [0.4, 0.5) is 0 Å². The van der Waals surface area contributed by atoms with Crippen LogP contribution in [0, 0.1) is 5.92 Å². The number of rotatable bonds is 2. The minimum Gasteiger partial charge on any atom is -0.344 e. The van der Waals surface area contributed by atoms with Gasteiger partial charge in [0.1, 0.15) is 0 Å². The van der Waals surface area contributed by atoms with E-state index in [1.165, 1.54) is 32.1 Å². The lowest BCUT2D eigenvalue weighted by Gasteiger charge is -2.33. The maximum atomic E-state index is 11.4. The van der Waals surface area contributed by atoms with Crippen LogP contribution in [0.5, 0.6) is 0 Å². The molecule has 3 unspecified atom stereocenters. The number of piperidine rings is 1. The molecule has 0 spiro atoms. The smallest absolute Gasteiger partial charge is 0.222 e. The Morgan fingerprint density at radius 2 is 1.94 bits per heavy atom. The van der Waals surface area contributed by atoms with Crippen LogP contribution in [0.15, 0.2) is 0 Å². The van der Waals surface area contributed by atoms with Crippen LogP contribution in [-0.2, 0) is 4.79 Å². The van der Waals surface area contributed by atoms with E-state index in [-0.39, 0.29) is 0 Å². The van der Waals surface area contributed by atoms with Crippen molar-refractivity contribution in [3.63, 3.8) is 0 Å². The second-order valence-electron chi connectivity index (χ2n) is 5.99. The zero-order valence-corrected chi connectivity index (χ0v) is 11.2. The Morgan fingerprint density at radius 1 is 1.12 bits per heavy atom. The third kappa shape index (κ3) is 3.70. The van der Waals surface area contributed by atoms with Crippen LogP contribution in [0.25, 0.3) is 0 Å². The molecule has 1 amide bonds. The summed E-state index contributed by atoms with van der Waals surface area (Å²) >= 11 is 0. The number of likely N-dealkylation sites (N-methyl/N-ethyl adjacent to an activating group) is 1. The van der Waals surface area contributed by atoms with E-state index >= 15 is 0 Å². The number of carbonyl (C=O) groups excluding carboxylic acids is 1. The van der Waals surface area contributed by atoms with Crippen molar-refractivity contribution in [1.82, 2.24) is 10.2 Å². The molecule has 0 aromatic carbocycles. The third-order valence-electron chi connectivity index (χ3n) is 4.36. The summed E-state index contributed by atoms with van der Waals surface area (Å²) in [6.45, 7) is 3.26. The van der Waals surface area contributed by atoms with E-state index in [9.17, 15) is 4.79 Å². The summed E-state index contributed by atoms with van der Waals surface area (Å²) in [6.07, 6.45) is 8.49. The monoisotopic (exact) mass is 238 g/mol. The third-order valence-corrected chi connectivity index (χ3v) is 4.36. The molecule has 1 aliphatic carbocycles. The van der Waals surface area contributed by atoms with Crippen molar-refractivity contribution in [3.05, 3.63) is 0 Å². The number of hydrogen-bond donors (Lipinski definition) is 1. The summed E-state index contributed by atoms with van der Waals surface area (Å²) in [4.78, 5) is 13.3. The fourth-order valence-electron chi connectivity index (χ4n) is 3.14. The molecule has 0 bridgehead atoms. The van der Waals surface area contributed by atoms with Crippen LogP contribution < -0.4 is 5.32 Å². The molecule has 17 heavy (non-hydrogen) atoms. The van der Waals surface area contributed by atoms with E-state index in [1.54, 1.807) is 0 Å². The van der Waals surface area contributed by atoms with Gasteiger partial charge in [-0.2, -0.15) is 0 Å². The average molecular weight is 238 g/mol. The number of hydrogen-bond acceptors (Lipinski definition) is 2. The molecule has 1 saturated carbocycles. The zero-order chi connectivity index (χ0) is 12.3. The summed E-state index contributed by atoms with van der Waals surface area (Å²) in [7, 11) is 1.92. The summed E-state index contributed by atoms with van der Waals surface area (Å²) < 4.78 is 0. The van der Waals surface area contributed by atoms with E-state index in [1.807, 2.05) is 11.9 Å². The van der Waals surface area contributed by atoms with Gasteiger partial charge >= 0.3 is 0 Å². The maximum absolute atomic E-state index is 11.4. The fourth-order valence-corrected chi connectivity index (χ4v) is 3.14. The van der Waals surface area contributed by atoms with Gasteiger partial charge in [0.2, 0.25) is 5.91 Å². The molecular weight excluding hydrogens is 212 g/mol. The van der Waals surface area contributed by atoms with Crippen molar-refractivity contribution in [2.75, 3.05) is 13.6 Å². The molecule has 3 heteroatoms. The predicted molar refractivity (Wildman–Crippen MR) is 69.8 cm³/mol. The minimum absolute atomic E-state index is 0.303. The summed E-state index contributed by atoms with van der Waals surface area (Å²) in [5.74, 6) is 1.20. The lowest BCUT2D eigenvalue weighted by atomic mass is 10.0. The standard InChI is InChI=1S/C14H26N2O/c1-11-4-3-5-12(7-6-11)15-13-8-9-14(17)16(2)10-13/h11-13,15H,3-10H2,1-2H3. The van der Waals surface area contributed by atoms with Crippen molar-refractivity contribution in [2.24, 2.45) is 5.92 Å². The first-order chi connectivity index (χ1) is 8.15. The van der Waals surface area contributed by atoms with Crippen LogP contribution in [0.1, 0.15) is 51.9 Å². The number of nitrogens with one attached hydrogen (secondary N) is 1. The first-order valence-electron chi connectivity index (χ1n) is 7.15. The summed E-state index contributed by atoms with van der Waals surface area (Å²) in [5, 5.41) is 3.78. The first-order valence-corrected chi connectivity index (χ1v) is 7.15. The van der Waals surface area contributed by atoms with Crippen molar-refractivity contribution in [2.45, 2.75) is 64.0 Å². The van der Waals surface area contributed by atoms with Gasteiger partial charge in [-0.15, -0.1) is 0 Å². The molecule has 3 nitrogen and oxygen atoms in total. The van der Waals surface area contributed by atoms with Crippen molar-refractivity contribution >= 4 is 5.91 Å². The molecule has 0 radical (unpaired) electrons. The van der Waals surface area contributed by atoms with E-state index in [4.69, 9.17) is 0 Å². The van der Waals surface area contributed by atoms with Crippen molar-refractivity contribution < 1.29 is 4.79 Å². The van der Waals surface area contributed by atoms with Gasteiger partial charge in [0.05, 0.1) is 0 Å². The molecule has 98 valence electrons. The minimum atomic E-state index is 0.303. The number of nitrogens with zero attached hydrogens (tertiary/aromatic N) is 1. The highest BCUT2D eigenvalue weighted by Gasteiger charge is 2.25. The van der Waals surface area contributed by atoms with Gasteiger partial charge in [-0.3, -0.25) is 4.79 Å². The maximum Gasteiger partial charge on any atom is 0.222 e. The number of likely N-dealkylation sites (tertiary alicyclic amines) is 1. The van der Waals surface area contributed by atoms with E-state index in [0.29, 0.717) is 18.0 Å². The topological polar surface area (TPSA) is 32.3 Å². The van der Waals surface area contributed by atoms with E-state index in [0.717, 1.165) is 25.3 Å². The zero-order valence-electron chi connectivity index (χ0n) is 11.2. The molecule has 2 aliphatic rings. The molecule has 1 heterocycles. The molecule has 3 atom stereocenters. The Balaban J connectivity index is 1.78. The lowest BCUT2D eigenvalue weighted by molar-refractivity contribution is -0.132. The Kier molecular flexibility index (Phi) is 4.43. The Morgan fingerprint density at radius 3 is 2.71 bits per heavy atom. The first kappa shape index (κ1) is 12.9. The highest BCUT2D eigenvalue weighted by Crippen LogP contribution is 2.23. The van der Waals surface area contributed by atoms with Gasteiger partial charge in [-0.25, -0.2) is 0 Å². The number of carbonyl (C=O) groups is 1.